The first-order valence-corrected chi connectivity index (χ1v) is 6.07. The summed E-state index contributed by atoms with van der Waals surface area (Å²) in [6, 6.07) is 5.10. The minimum absolute atomic E-state index is 0.0589. The van der Waals surface area contributed by atoms with Crippen molar-refractivity contribution in [1.82, 2.24) is 4.98 Å². The smallest absolute Gasteiger partial charge is 0.337 e. The average Bonchev–Trinajstić information content (AvgIpc) is 2.80. The molecule has 0 spiro atoms. The number of aromatic nitrogens is 1. The van der Waals surface area contributed by atoms with Gasteiger partial charge in [-0.15, -0.1) is 0 Å². The van der Waals surface area contributed by atoms with Gasteiger partial charge in [0.15, 0.2) is 0 Å². The summed E-state index contributed by atoms with van der Waals surface area (Å²) < 4.78 is 5.17. The minimum atomic E-state index is -1.06. The van der Waals surface area contributed by atoms with Gasteiger partial charge >= 0.3 is 5.97 Å². The van der Waals surface area contributed by atoms with Crippen molar-refractivity contribution in [2.75, 3.05) is 0 Å². The van der Waals surface area contributed by atoms with Crippen LogP contribution in [0.3, 0.4) is 0 Å². The lowest BCUT2D eigenvalue weighted by molar-refractivity contribution is 0.0696. The Bertz CT molecular complexity index is 528. The Morgan fingerprint density at radius 1 is 1.59 bits per heavy atom. The number of halogens is 1. The minimum Gasteiger partial charge on any atom is -0.478 e. The van der Waals surface area contributed by atoms with E-state index in [0.717, 1.165) is 5.76 Å². The van der Waals surface area contributed by atoms with Gasteiger partial charge in [0.25, 0.3) is 0 Å². The molecule has 88 valence electrons. The van der Waals surface area contributed by atoms with Crippen molar-refractivity contribution in [3.05, 3.63) is 47.0 Å². The van der Waals surface area contributed by atoms with Crippen molar-refractivity contribution in [3.63, 3.8) is 0 Å². The fraction of sp³-hybridized carbons (Fsp3) is 0.0909. The lowest BCUT2D eigenvalue weighted by atomic mass is 10.3. The summed E-state index contributed by atoms with van der Waals surface area (Å²) in [4.78, 5) is 14.9. The molecule has 0 aliphatic carbocycles. The van der Waals surface area contributed by atoms with Gasteiger partial charge in [0, 0.05) is 6.20 Å². The van der Waals surface area contributed by atoms with Crippen LogP contribution in [0.4, 0.5) is 0 Å². The van der Waals surface area contributed by atoms with E-state index in [0.29, 0.717) is 10.8 Å². The topological polar surface area (TPSA) is 63.3 Å². The number of carboxylic acid groups (broad SMARTS) is 1. The molecule has 0 aliphatic rings. The van der Waals surface area contributed by atoms with Gasteiger partial charge in [-0.3, -0.25) is 0 Å². The van der Waals surface area contributed by atoms with Gasteiger partial charge < -0.3 is 9.52 Å². The van der Waals surface area contributed by atoms with E-state index in [1.807, 2.05) is 6.07 Å². The van der Waals surface area contributed by atoms with E-state index in [9.17, 15) is 4.79 Å². The predicted octanol–water partition coefficient (Wildman–Crippen LogP) is 3.32. The Labute approximate surface area is 107 Å². The summed E-state index contributed by atoms with van der Waals surface area (Å²) >= 11 is 7.11. The van der Waals surface area contributed by atoms with Gasteiger partial charge in [0.2, 0.25) is 0 Å². The van der Waals surface area contributed by atoms with Gasteiger partial charge in [0.05, 0.1) is 27.6 Å². The maximum absolute atomic E-state index is 10.9. The van der Waals surface area contributed by atoms with Gasteiger partial charge in [-0.1, -0.05) is 23.4 Å². The summed E-state index contributed by atoms with van der Waals surface area (Å²) in [5.74, 6) is 0.349. The Kier molecular flexibility index (Phi) is 3.71. The average molecular weight is 270 g/mol. The highest BCUT2D eigenvalue weighted by molar-refractivity contribution is 7.98. The molecule has 0 radical (unpaired) electrons. The molecule has 17 heavy (non-hydrogen) atoms. The molecule has 0 saturated heterocycles. The molecule has 4 nitrogen and oxygen atoms in total. The molecule has 6 heteroatoms. The molecule has 0 bridgehead atoms. The molecule has 0 aliphatic heterocycles. The molecule has 0 unspecified atom stereocenters. The Balaban J connectivity index is 2.11. The zero-order valence-electron chi connectivity index (χ0n) is 8.59. The molecule has 2 aromatic heterocycles. The van der Waals surface area contributed by atoms with E-state index in [1.54, 1.807) is 12.3 Å². The largest absolute Gasteiger partial charge is 0.478 e. The van der Waals surface area contributed by atoms with Crippen LogP contribution in [0.1, 0.15) is 16.1 Å². The van der Waals surface area contributed by atoms with Gasteiger partial charge in [-0.25, -0.2) is 9.78 Å². The SMILES string of the molecule is O=C(O)c1cc(SCc2ccco2)ncc1Cl. The second kappa shape index (κ2) is 5.25. The zero-order chi connectivity index (χ0) is 12.3. The van der Waals surface area contributed by atoms with Crippen LogP contribution in [0.2, 0.25) is 5.02 Å². The Morgan fingerprint density at radius 2 is 2.41 bits per heavy atom. The van der Waals surface area contributed by atoms with Crippen molar-refractivity contribution < 1.29 is 14.3 Å². The lowest BCUT2D eigenvalue weighted by Gasteiger charge is -2.02. The van der Waals surface area contributed by atoms with Gasteiger partial charge in [-0.05, 0) is 18.2 Å². The summed E-state index contributed by atoms with van der Waals surface area (Å²) in [5.41, 5.74) is 0.0589. The number of furan rings is 1. The standard InChI is InChI=1S/C11H8ClNO3S/c12-9-5-13-10(4-8(9)11(14)15)17-6-7-2-1-3-16-7/h1-5H,6H2,(H,14,15). The zero-order valence-corrected chi connectivity index (χ0v) is 10.2. The predicted molar refractivity (Wildman–Crippen MR) is 64.5 cm³/mol. The van der Waals surface area contributed by atoms with Crippen molar-refractivity contribution in [1.29, 1.82) is 0 Å². The van der Waals surface area contributed by atoms with E-state index < -0.39 is 5.97 Å². The van der Waals surface area contributed by atoms with E-state index in [1.165, 1.54) is 24.0 Å². The fourth-order valence-electron chi connectivity index (χ4n) is 1.20. The maximum atomic E-state index is 10.9. The summed E-state index contributed by atoms with van der Waals surface area (Å²) in [7, 11) is 0. The van der Waals surface area contributed by atoms with Gasteiger partial charge in [0.1, 0.15) is 5.76 Å². The molecule has 0 aromatic carbocycles. The number of pyridine rings is 1. The highest BCUT2D eigenvalue weighted by Crippen LogP contribution is 2.24. The molecular formula is C11H8ClNO3S. The molecule has 2 heterocycles. The number of nitrogens with zero attached hydrogens (tertiary/aromatic N) is 1. The summed E-state index contributed by atoms with van der Waals surface area (Å²) in [6.07, 6.45) is 2.93. The van der Waals surface area contributed by atoms with Crippen LogP contribution in [0.15, 0.2) is 40.1 Å². The van der Waals surface area contributed by atoms with Crippen LogP contribution in [0, 0.1) is 0 Å². The van der Waals surface area contributed by atoms with E-state index in [-0.39, 0.29) is 10.6 Å². The first-order chi connectivity index (χ1) is 8.16. The van der Waals surface area contributed by atoms with Crippen LogP contribution in [0.25, 0.3) is 0 Å². The van der Waals surface area contributed by atoms with Crippen LogP contribution in [-0.2, 0) is 5.75 Å². The lowest BCUT2D eigenvalue weighted by Crippen LogP contribution is -1.98. The summed E-state index contributed by atoms with van der Waals surface area (Å²) in [6.45, 7) is 0. The number of hydrogen-bond donors (Lipinski definition) is 1. The van der Waals surface area contributed by atoms with Crippen molar-refractivity contribution in [2.45, 2.75) is 10.8 Å². The Hall–Kier alpha value is -1.46. The van der Waals surface area contributed by atoms with Crippen LogP contribution in [-0.4, -0.2) is 16.1 Å². The highest BCUT2D eigenvalue weighted by atomic mass is 35.5. The molecule has 0 saturated carbocycles. The van der Waals surface area contributed by atoms with Crippen molar-refractivity contribution in [2.24, 2.45) is 0 Å². The van der Waals surface area contributed by atoms with Crippen molar-refractivity contribution in [3.8, 4) is 0 Å². The third kappa shape index (κ3) is 3.01. The van der Waals surface area contributed by atoms with Crippen LogP contribution < -0.4 is 0 Å². The first kappa shape index (κ1) is 12.0. The number of aromatic carboxylic acids is 1. The monoisotopic (exact) mass is 269 g/mol. The van der Waals surface area contributed by atoms with E-state index in [4.69, 9.17) is 21.1 Å². The van der Waals surface area contributed by atoms with Crippen LogP contribution >= 0.6 is 23.4 Å². The Morgan fingerprint density at radius 3 is 3.06 bits per heavy atom. The first-order valence-electron chi connectivity index (χ1n) is 4.71. The highest BCUT2D eigenvalue weighted by Gasteiger charge is 2.11. The third-order valence-corrected chi connectivity index (χ3v) is 3.25. The number of carbonyl (C=O) groups is 1. The third-order valence-electron chi connectivity index (χ3n) is 2.00. The molecule has 2 aromatic rings. The van der Waals surface area contributed by atoms with Gasteiger partial charge in [-0.2, -0.15) is 0 Å². The molecular weight excluding hydrogens is 262 g/mol. The fourth-order valence-corrected chi connectivity index (χ4v) is 2.17. The normalized spacial score (nSPS) is 10.4. The summed E-state index contributed by atoms with van der Waals surface area (Å²) in [5, 5.41) is 9.64. The number of rotatable bonds is 4. The molecule has 2 rings (SSSR count). The maximum Gasteiger partial charge on any atom is 0.337 e. The number of carboxylic acids is 1. The van der Waals surface area contributed by atoms with Crippen LogP contribution in [0.5, 0.6) is 0 Å². The molecule has 1 N–H and O–H groups in total. The molecule has 0 amide bonds. The van der Waals surface area contributed by atoms with E-state index in [2.05, 4.69) is 4.98 Å². The number of thioether (sulfide) groups is 1. The second-order valence-electron chi connectivity index (χ2n) is 3.18. The van der Waals surface area contributed by atoms with Crippen molar-refractivity contribution >= 4 is 29.3 Å². The van der Waals surface area contributed by atoms with E-state index >= 15 is 0 Å². The quantitative estimate of drug-likeness (QED) is 0.863. The molecule has 0 fully saturated rings. The molecule has 0 atom stereocenters. The number of hydrogen-bond acceptors (Lipinski definition) is 4. The second-order valence-corrected chi connectivity index (χ2v) is 4.58.